The van der Waals surface area contributed by atoms with Gasteiger partial charge >= 0.3 is 0 Å². The lowest BCUT2D eigenvalue weighted by molar-refractivity contribution is 0.0643. The molecule has 1 aliphatic carbocycles. The molecule has 1 aliphatic heterocycles. The van der Waals surface area contributed by atoms with Gasteiger partial charge in [0.05, 0.1) is 0 Å². The minimum absolute atomic E-state index is 0.188. The Labute approximate surface area is 137 Å². The summed E-state index contributed by atoms with van der Waals surface area (Å²) < 4.78 is 0. The second kappa shape index (κ2) is 6.00. The maximum Gasteiger partial charge on any atom is 0.253 e. The molecule has 23 heavy (non-hydrogen) atoms. The van der Waals surface area contributed by atoms with Crippen molar-refractivity contribution in [3.05, 3.63) is 35.0 Å². The number of carbonyl (C=O) groups excluding carboxylic acids is 1. The van der Waals surface area contributed by atoms with Crippen LogP contribution >= 0.6 is 0 Å². The summed E-state index contributed by atoms with van der Waals surface area (Å²) in [7, 11) is 0. The fourth-order valence-corrected chi connectivity index (χ4v) is 3.99. The summed E-state index contributed by atoms with van der Waals surface area (Å²) in [4.78, 5) is 20.8. The molecule has 0 bridgehead atoms. The number of hydrogen-bond acceptors (Lipinski definition) is 2. The molecule has 1 N–H and O–H groups in total. The van der Waals surface area contributed by atoms with Gasteiger partial charge in [-0.15, -0.1) is 0 Å². The van der Waals surface area contributed by atoms with E-state index in [1.807, 2.05) is 11.0 Å². The predicted molar refractivity (Wildman–Crippen MR) is 93.0 cm³/mol. The topological polar surface area (TPSA) is 39.3 Å². The van der Waals surface area contributed by atoms with Crippen LogP contribution in [0.4, 0.5) is 0 Å². The first-order valence-electron chi connectivity index (χ1n) is 8.91. The molecule has 122 valence electrons. The third-order valence-electron chi connectivity index (χ3n) is 5.45. The Kier molecular flexibility index (Phi) is 3.85. The van der Waals surface area contributed by atoms with E-state index >= 15 is 0 Å². The van der Waals surface area contributed by atoms with Gasteiger partial charge in [0.15, 0.2) is 0 Å². The van der Waals surface area contributed by atoms with E-state index in [9.17, 15) is 4.79 Å². The summed E-state index contributed by atoms with van der Waals surface area (Å²) in [5.41, 5.74) is 4.85. The SMILES string of the molecule is CCN1CCN(C(=O)c2ccc3[nH]c4c(c3c2)CCCC4)CC1. The minimum atomic E-state index is 0.188. The van der Waals surface area contributed by atoms with Crippen molar-refractivity contribution < 1.29 is 4.79 Å². The zero-order valence-electron chi connectivity index (χ0n) is 13.9. The Bertz CT molecular complexity index is 726. The summed E-state index contributed by atoms with van der Waals surface area (Å²) in [6.45, 7) is 6.92. The Morgan fingerprint density at radius 3 is 2.70 bits per heavy atom. The van der Waals surface area contributed by atoms with E-state index in [1.54, 1.807) is 0 Å². The number of aromatic amines is 1. The molecule has 1 saturated heterocycles. The molecule has 1 fully saturated rings. The summed E-state index contributed by atoms with van der Waals surface area (Å²) in [6, 6.07) is 6.19. The highest BCUT2D eigenvalue weighted by atomic mass is 16.2. The monoisotopic (exact) mass is 311 g/mol. The lowest BCUT2D eigenvalue weighted by Crippen LogP contribution is -2.48. The summed E-state index contributed by atoms with van der Waals surface area (Å²) in [5.74, 6) is 0.188. The van der Waals surface area contributed by atoms with E-state index in [0.29, 0.717) is 0 Å². The fourth-order valence-electron chi connectivity index (χ4n) is 3.99. The van der Waals surface area contributed by atoms with Crippen LogP contribution < -0.4 is 0 Å². The Hall–Kier alpha value is -1.81. The Balaban J connectivity index is 1.60. The highest BCUT2D eigenvalue weighted by Crippen LogP contribution is 2.30. The number of benzene rings is 1. The van der Waals surface area contributed by atoms with Crippen LogP contribution in [0, 0.1) is 0 Å². The standard InChI is InChI=1S/C19H25N3O/c1-2-21-9-11-22(12-10-21)19(23)14-7-8-18-16(13-14)15-5-3-4-6-17(15)20-18/h7-8,13,20H,2-6,9-12H2,1H3. The Morgan fingerprint density at radius 2 is 1.91 bits per heavy atom. The highest BCUT2D eigenvalue weighted by Gasteiger charge is 2.22. The molecule has 4 nitrogen and oxygen atoms in total. The number of hydrogen-bond donors (Lipinski definition) is 1. The minimum Gasteiger partial charge on any atom is -0.358 e. The molecule has 0 unspecified atom stereocenters. The number of aromatic nitrogens is 1. The molecule has 0 saturated carbocycles. The molecule has 2 heterocycles. The number of aryl methyl sites for hydroxylation is 2. The van der Waals surface area contributed by atoms with Gasteiger partial charge in [-0.1, -0.05) is 6.92 Å². The van der Waals surface area contributed by atoms with Crippen LogP contribution in [0.5, 0.6) is 0 Å². The number of nitrogens with zero attached hydrogens (tertiary/aromatic N) is 2. The van der Waals surface area contributed by atoms with Gasteiger partial charge in [-0.3, -0.25) is 4.79 Å². The molecule has 4 rings (SSSR count). The van der Waals surface area contributed by atoms with Crippen molar-refractivity contribution in [1.29, 1.82) is 0 Å². The number of likely N-dealkylation sites (N-methyl/N-ethyl adjacent to an activating group) is 1. The van der Waals surface area contributed by atoms with Crippen LogP contribution in [0.3, 0.4) is 0 Å². The van der Waals surface area contributed by atoms with E-state index in [-0.39, 0.29) is 5.91 Å². The number of carbonyl (C=O) groups is 1. The van der Waals surface area contributed by atoms with Crippen LogP contribution in [0.1, 0.15) is 41.4 Å². The zero-order valence-corrected chi connectivity index (χ0v) is 13.9. The summed E-state index contributed by atoms with van der Waals surface area (Å²) in [5, 5.41) is 1.26. The first-order chi connectivity index (χ1) is 11.3. The van der Waals surface area contributed by atoms with Crippen LogP contribution in [0.15, 0.2) is 18.2 Å². The zero-order chi connectivity index (χ0) is 15.8. The van der Waals surface area contributed by atoms with Crippen molar-refractivity contribution >= 4 is 16.8 Å². The molecule has 4 heteroatoms. The molecule has 0 radical (unpaired) electrons. The van der Waals surface area contributed by atoms with E-state index in [4.69, 9.17) is 0 Å². The van der Waals surface area contributed by atoms with Gasteiger partial charge in [-0.2, -0.15) is 0 Å². The third kappa shape index (κ3) is 2.65. The van der Waals surface area contributed by atoms with Crippen LogP contribution in [0.2, 0.25) is 0 Å². The van der Waals surface area contributed by atoms with E-state index in [2.05, 4.69) is 28.9 Å². The van der Waals surface area contributed by atoms with Crippen molar-refractivity contribution in [1.82, 2.24) is 14.8 Å². The summed E-state index contributed by atoms with van der Waals surface area (Å²) >= 11 is 0. The second-order valence-electron chi connectivity index (χ2n) is 6.78. The number of amides is 1. The van der Waals surface area contributed by atoms with E-state index in [0.717, 1.165) is 51.1 Å². The number of fused-ring (bicyclic) bond motifs is 3. The molecule has 1 aromatic carbocycles. The maximum absolute atomic E-state index is 12.8. The normalized spacial score (nSPS) is 19.1. The molecular formula is C19H25N3O. The Morgan fingerprint density at radius 1 is 1.13 bits per heavy atom. The quantitative estimate of drug-likeness (QED) is 0.926. The van der Waals surface area contributed by atoms with Crippen molar-refractivity contribution in [3.63, 3.8) is 0 Å². The molecule has 1 aromatic heterocycles. The van der Waals surface area contributed by atoms with Crippen molar-refractivity contribution in [2.75, 3.05) is 32.7 Å². The molecule has 0 atom stereocenters. The first-order valence-corrected chi connectivity index (χ1v) is 8.91. The number of H-pyrrole nitrogens is 1. The third-order valence-corrected chi connectivity index (χ3v) is 5.45. The molecule has 2 aromatic rings. The van der Waals surface area contributed by atoms with Crippen LogP contribution in [-0.4, -0.2) is 53.4 Å². The smallest absolute Gasteiger partial charge is 0.253 e. The van der Waals surface area contributed by atoms with Crippen molar-refractivity contribution in [3.8, 4) is 0 Å². The van der Waals surface area contributed by atoms with Gasteiger partial charge in [-0.05, 0) is 56.0 Å². The van der Waals surface area contributed by atoms with Crippen molar-refractivity contribution in [2.24, 2.45) is 0 Å². The number of piperazine rings is 1. The van der Waals surface area contributed by atoms with Crippen LogP contribution in [-0.2, 0) is 12.8 Å². The molecule has 0 spiro atoms. The number of nitrogens with one attached hydrogen (secondary N) is 1. The highest BCUT2D eigenvalue weighted by molar-refractivity contribution is 5.99. The van der Waals surface area contributed by atoms with Gasteiger partial charge in [0.25, 0.3) is 5.91 Å². The predicted octanol–water partition coefficient (Wildman–Crippen LogP) is 2.82. The van der Waals surface area contributed by atoms with Gasteiger partial charge in [0, 0.05) is 48.3 Å². The van der Waals surface area contributed by atoms with Gasteiger partial charge in [0.1, 0.15) is 0 Å². The van der Waals surface area contributed by atoms with Crippen LogP contribution in [0.25, 0.3) is 10.9 Å². The lowest BCUT2D eigenvalue weighted by atomic mass is 9.95. The van der Waals surface area contributed by atoms with E-state index < -0.39 is 0 Å². The van der Waals surface area contributed by atoms with Gasteiger partial charge in [0.2, 0.25) is 0 Å². The van der Waals surface area contributed by atoms with Gasteiger partial charge in [-0.25, -0.2) is 0 Å². The average molecular weight is 311 g/mol. The second-order valence-corrected chi connectivity index (χ2v) is 6.78. The van der Waals surface area contributed by atoms with E-state index in [1.165, 1.54) is 35.0 Å². The van der Waals surface area contributed by atoms with Gasteiger partial charge < -0.3 is 14.8 Å². The fraction of sp³-hybridized carbons (Fsp3) is 0.526. The first kappa shape index (κ1) is 14.8. The molecular weight excluding hydrogens is 286 g/mol. The number of rotatable bonds is 2. The van der Waals surface area contributed by atoms with Crippen molar-refractivity contribution in [2.45, 2.75) is 32.6 Å². The maximum atomic E-state index is 12.8. The lowest BCUT2D eigenvalue weighted by Gasteiger charge is -2.34. The summed E-state index contributed by atoms with van der Waals surface area (Å²) in [6.07, 6.45) is 4.82. The molecule has 1 amide bonds. The average Bonchev–Trinajstić information content (AvgIpc) is 2.99. The largest absolute Gasteiger partial charge is 0.358 e. The molecule has 2 aliphatic rings.